The molecule has 0 amide bonds. The summed E-state index contributed by atoms with van der Waals surface area (Å²) < 4.78 is 6.72. The summed E-state index contributed by atoms with van der Waals surface area (Å²) in [6.07, 6.45) is 1.22. The van der Waals surface area contributed by atoms with Gasteiger partial charge in [0.25, 0.3) is 5.69 Å². The molecule has 0 aliphatic carbocycles. The Labute approximate surface area is 119 Å². The lowest BCUT2D eigenvalue weighted by molar-refractivity contribution is -0.385. The molecule has 18 heavy (non-hydrogen) atoms. The lowest BCUT2D eigenvalue weighted by atomic mass is 9.97. The number of non-ortho nitro benzene ring substituents is 1. The van der Waals surface area contributed by atoms with Gasteiger partial charge in [-0.3, -0.25) is 10.1 Å². The zero-order chi connectivity index (χ0) is 13.1. The number of rotatable bonds is 3. The summed E-state index contributed by atoms with van der Waals surface area (Å²) in [6, 6.07) is 4.70. The predicted molar refractivity (Wildman–Crippen MR) is 76.9 cm³/mol. The van der Waals surface area contributed by atoms with Gasteiger partial charge in [-0.25, -0.2) is 0 Å². The summed E-state index contributed by atoms with van der Waals surface area (Å²) in [5, 5.41) is 14.0. The van der Waals surface area contributed by atoms with E-state index in [1.54, 1.807) is 6.07 Å². The van der Waals surface area contributed by atoms with E-state index in [1.807, 2.05) is 0 Å². The van der Waals surface area contributed by atoms with Crippen molar-refractivity contribution >= 4 is 28.3 Å². The lowest BCUT2D eigenvalue weighted by Gasteiger charge is -2.30. The molecule has 0 saturated carbocycles. The Morgan fingerprint density at radius 2 is 2.33 bits per heavy atom. The highest BCUT2D eigenvalue weighted by atomic mass is 127. The molecular weight excluding hydrogens is 347 g/mol. The number of hydrogen-bond acceptors (Lipinski definition) is 4. The van der Waals surface area contributed by atoms with E-state index >= 15 is 0 Å². The number of benzene rings is 1. The fourth-order valence-electron chi connectivity index (χ4n) is 1.98. The highest BCUT2D eigenvalue weighted by Gasteiger charge is 2.23. The third-order valence-electron chi connectivity index (χ3n) is 3.16. The molecule has 1 aliphatic rings. The molecule has 1 heterocycles. The number of ether oxygens (including phenoxy) is 1. The maximum Gasteiger partial charge on any atom is 0.270 e. The van der Waals surface area contributed by atoms with Crippen LogP contribution in [0.5, 0.6) is 5.75 Å². The van der Waals surface area contributed by atoms with Crippen molar-refractivity contribution in [2.24, 2.45) is 5.92 Å². The molecule has 0 radical (unpaired) electrons. The number of nitrogens with zero attached hydrogens (tertiary/aromatic N) is 1. The van der Waals surface area contributed by atoms with Crippen molar-refractivity contribution in [2.45, 2.75) is 19.4 Å². The molecule has 0 aromatic heterocycles. The Morgan fingerprint density at radius 3 is 2.94 bits per heavy atom. The van der Waals surface area contributed by atoms with E-state index in [4.69, 9.17) is 4.74 Å². The van der Waals surface area contributed by atoms with Crippen molar-refractivity contribution in [2.75, 3.05) is 13.1 Å². The molecule has 1 aromatic carbocycles. The summed E-state index contributed by atoms with van der Waals surface area (Å²) in [6.45, 7) is 4.02. The standard InChI is InChI=1S/C12H15IN2O3/c1-8-4-5-14-7-12(8)18-11-3-2-9(15(16)17)6-10(11)13/h2-3,6,8,12,14H,4-5,7H2,1H3. The first-order valence-electron chi connectivity index (χ1n) is 5.89. The van der Waals surface area contributed by atoms with Gasteiger partial charge in [0.05, 0.1) is 8.49 Å². The fraction of sp³-hybridized carbons (Fsp3) is 0.500. The number of nitrogens with one attached hydrogen (secondary N) is 1. The van der Waals surface area contributed by atoms with Crippen LogP contribution in [0.3, 0.4) is 0 Å². The average Bonchev–Trinajstić information content (AvgIpc) is 2.34. The highest BCUT2D eigenvalue weighted by Crippen LogP contribution is 2.28. The van der Waals surface area contributed by atoms with Gasteiger partial charge in [0.2, 0.25) is 0 Å². The molecule has 2 atom stereocenters. The van der Waals surface area contributed by atoms with Crippen molar-refractivity contribution in [3.8, 4) is 5.75 Å². The Hall–Kier alpha value is -0.890. The van der Waals surface area contributed by atoms with E-state index in [0.29, 0.717) is 5.92 Å². The van der Waals surface area contributed by atoms with Gasteiger partial charge in [-0.15, -0.1) is 0 Å². The lowest BCUT2D eigenvalue weighted by Crippen LogP contribution is -2.42. The summed E-state index contributed by atoms with van der Waals surface area (Å²) in [5.74, 6) is 1.22. The minimum absolute atomic E-state index is 0.0987. The van der Waals surface area contributed by atoms with Crippen LogP contribution in [0.25, 0.3) is 0 Å². The van der Waals surface area contributed by atoms with Gasteiger partial charge >= 0.3 is 0 Å². The van der Waals surface area contributed by atoms with Crippen LogP contribution in [0.1, 0.15) is 13.3 Å². The smallest absolute Gasteiger partial charge is 0.270 e. The van der Waals surface area contributed by atoms with E-state index in [1.165, 1.54) is 12.1 Å². The molecular formula is C12H15IN2O3. The third-order valence-corrected chi connectivity index (χ3v) is 4.00. The average molecular weight is 362 g/mol. The molecule has 5 nitrogen and oxygen atoms in total. The Kier molecular flexibility index (Phi) is 4.39. The molecule has 98 valence electrons. The second-order valence-electron chi connectivity index (χ2n) is 4.50. The predicted octanol–water partition coefficient (Wildman–Crippen LogP) is 2.58. The van der Waals surface area contributed by atoms with E-state index in [0.717, 1.165) is 28.8 Å². The van der Waals surface area contributed by atoms with Gasteiger partial charge in [0, 0.05) is 18.7 Å². The van der Waals surface area contributed by atoms with E-state index < -0.39 is 4.92 Å². The molecule has 1 aromatic rings. The van der Waals surface area contributed by atoms with Crippen LogP contribution < -0.4 is 10.1 Å². The number of piperidine rings is 1. The monoisotopic (exact) mass is 362 g/mol. The molecule has 2 unspecified atom stereocenters. The highest BCUT2D eigenvalue weighted by molar-refractivity contribution is 14.1. The maximum atomic E-state index is 10.7. The summed E-state index contributed by atoms with van der Waals surface area (Å²) in [4.78, 5) is 10.3. The molecule has 2 rings (SSSR count). The molecule has 1 N–H and O–H groups in total. The first-order chi connectivity index (χ1) is 8.58. The van der Waals surface area contributed by atoms with Crippen LogP contribution >= 0.6 is 22.6 Å². The number of nitro benzene ring substituents is 1. The van der Waals surface area contributed by atoms with Gasteiger partial charge in [-0.05, 0) is 47.5 Å². The van der Waals surface area contributed by atoms with Gasteiger partial charge in [0.1, 0.15) is 11.9 Å². The molecule has 1 saturated heterocycles. The molecule has 1 aliphatic heterocycles. The van der Waals surface area contributed by atoms with Crippen LogP contribution in [-0.4, -0.2) is 24.1 Å². The Balaban J connectivity index is 2.11. The van der Waals surface area contributed by atoms with Crippen LogP contribution in [0.2, 0.25) is 0 Å². The summed E-state index contributed by atoms with van der Waals surface area (Å²) in [7, 11) is 0. The van der Waals surface area contributed by atoms with Crippen LogP contribution in [0, 0.1) is 19.6 Å². The fourth-order valence-corrected chi connectivity index (χ4v) is 2.61. The minimum atomic E-state index is -0.392. The van der Waals surface area contributed by atoms with Crippen molar-refractivity contribution in [3.05, 3.63) is 31.9 Å². The Bertz CT molecular complexity index is 453. The van der Waals surface area contributed by atoms with Gasteiger partial charge in [-0.1, -0.05) is 6.92 Å². The van der Waals surface area contributed by atoms with Crippen molar-refractivity contribution < 1.29 is 9.66 Å². The normalized spacial score (nSPS) is 23.7. The molecule has 0 bridgehead atoms. The van der Waals surface area contributed by atoms with E-state index in [2.05, 4.69) is 34.8 Å². The maximum absolute atomic E-state index is 10.7. The zero-order valence-electron chi connectivity index (χ0n) is 10.1. The minimum Gasteiger partial charge on any atom is -0.488 e. The second-order valence-corrected chi connectivity index (χ2v) is 5.66. The molecule has 1 fully saturated rings. The van der Waals surface area contributed by atoms with Gasteiger partial charge in [-0.2, -0.15) is 0 Å². The van der Waals surface area contributed by atoms with Crippen molar-refractivity contribution in [1.29, 1.82) is 0 Å². The van der Waals surface area contributed by atoms with Crippen molar-refractivity contribution in [3.63, 3.8) is 0 Å². The molecule has 0 spiro atoms. The van der Waals surface area contributed by atoms with Crippen molar-refractivity contribution in [1.82, 2.24) is 5.32 Å². The summed E-state index contributed by atoms with van der Waals surface area (Å²) >= 11 is 2.07. The summed E-state index contributed by atoms with van der Waals surface area (Å²) in [5.41, 5.74) is 0.0987. The SMILES string of the molecule is CC1CCNCC1Oc1ccc([N+](=O)[O-])cc1I. The topological polar surface area (TPSA) is 64.4 Å². The zero-order valence-corrected chi connectivity index (χ0v) is 12.2. The van der Waals surface area contributed by atoms with E-state index in [-0.39, 0.29) is 11.8 Å². The number of halogens is 1. The van der Waals surface area contributed by atoms with E-state index in [9.17, 15) is 10.1 Å². The van der Waals surface area contributed by atoms with Crippen LogP contribution in [0.15, 0.2) is 18.2 Å². The Morgan fingerprint density at radius 1 is 1.56 bits per heavy atom. The first-order valence-corrected chi connectivity index (χ1v) is 6.97. The first kappa shape index (κ1) is 13.5. The quantitative estimate of drug-likeness (QED) is 0.510. The second kappa shape index (κ2) is 5.83. The third kappa shape index (κ3) is 3.11. The number of nitro groups is 1. The van der Waals surface area contributed by atoms with Crippen LogP contribution in [-0.2, 0) is 0 Å². The van der Waals surface area contributed by atoms with Gasteiger partial charge < -0.3 is 10.1 Å². The number of hydrogen-bond donors (Lipinski definition) is 1. The molecule has 6 heteroatoms. The largest absolute Gasteiger partial charge is 0.488 e. The van der Waals surface area contributed by atoms with Crippen LogP contribution in [0.4, 0.5) is 5.69 Å². The van der Waals surface area contributed by atoms with Gasteiger partial charge in [0.15, 0.2) is 0 Å².